The second-order valence-corrected chi connectivity index (χ2v) is 2.57. The van der Waals surface area contributed by atoms with E-state index >= 15 is 0 Å². The first-order chi connectivity index (χ1) is 5.58. The van der Waals surface area contributed by atoms with E-state index in [1.807, 2.05) is 0 Å². The van der Waals surface area contributed by atoms with E-state index in [9.17, 15) is 8.78 Å². The molecule has 1 aromatic carbocycles. The molecule has 0 fully saturated rings. The number of rotatable bonds is 0. The van der Waals surface area contributed by atoms with Crippen LogP contribution >= 0.6 is 11.6 Å². The Labute approximate surface area is 71.7 Å². The summed E-state index contributed by atoms with van der Waals surface area (Å²) in [6.07, 6.45) is -3.61. The average Bonchev–Trinajstić information content (AvgIpc) is 2.25. The van der Waals surface area contributed by atoms with E-state index in [2.05, 4.69) is 15.5 Å². The third-order valence-corrected chi connectivity index (χ3v) is 1.60. The van der Waals surface area contributed by atoms with Gasteiger partial charge >= 0.3 is 6.29 Å². The van der Waals surface area contributed by atoms with Gasteiger partial charge in [0.15, 0.2) is 11.5 Å². The smallest absolute Gasteiger partial charge is 0.395 e. The predicted molar refractivity (Wildman–Crippen MR) is 36.5 cm³/mol. The van der Waals surface area contributed by atoms with E-state index in [1.165, 1.54) is 12.1 Å². The Balaban J connectivity index is 2.48. The van der Waals surface area contributed by atoms with Crippen molar-refractivity contribution in [2.75, 3.05) is 0 Å². The zero-order valence-electron chi connectivity index (χ0n) is 5.61. The summed E-state index contributed by atoms with van der Waals surface area (Å²) in [5, 5.41) is 0.0599. The minimum absolute atomic E-state index is 0.0599. The molecule has 0 aliphatic carbocycles. The summed E-state index contributed by atoms with van der Waals surface area (Å²) in [5.74, 6) is -0.229. The minimum Gasteiger partial charge on any atom is -0.395 e. The Bertz CT molecular complexity index is 327. The molecule has 1 aromatic rings. The van der Waals surface area contributed by atoms with Gasteiger partial charge in [-0.15, -0.1) is 8.78 Å². The number of hydrogen-bond acceptors (Lipinski definition) is 2. The summed E-state index contributed by atoms with van der Waals surface area (Å²) in [4.78, 5) is 0. The number of ether oxygens (including phenoxy) is 2. The van der Waals surface area contributed by atoms with Crippen LogP contribution in [-0.4, -0.2) is 6.29 Å². The van der Waals surface area contributed by atoms with E-state index in [-0.39, 0.29) is 16.5 Å². The molecule has 0 unspecified atom stereocenters. The van der Waals surface area contributed by atoms with Gasteiger partial charge in [-0.2, -0.15) is 0 Å². The van der Waals surface area contributed by atoms with Gasteiger partial charge in [0, 0.05) is 0 Å². The molecule has 0 saturated heterocycles. The number of benzene rings is 1. The van der Waals surface area contributed by atoms with Gasteiger partial charge in [0.1, 0.15) is 0 Å². The van der Waals surface area contributed by atoms with Gasteiger partial charge < -0.3 is 9.47 Å². The molecule has 0 aromatic heterocycles. The number of alkyl halides is 2. The molecule has 0 spiro atoms. The van der Waals surface area contributed by atoms with Crippen molar-refractivity contribution < 1.29 is 18.3 Å². The van der Waals surface area contributed by atoms with Crippen molar-refractivity contribution in [1.29, 1.82) is 0 Å². The average molecular weight is 192 g/mol. The summed E-state index contributed by atoms with van der Waals surface area (Å²) in [6.45, 7) is 0. The van der Waals surface area contributed by atoms with Crippen LogP contribution in [0.5, 0.6) is 11.5 Å². The summed E-state index contributed by atoms with van der Waals surface area (Å²) >= 11 is 5.53. The lowest BCUT2D eigenvalue weighted by molar-refractivity contribution is -0.286. The molecular weight excluding hydrogens is 190 g/mol. The maximum Gasteiger partial charge on any atom is 0.586 e. The SMILES string of the molecule is FC1(F)Oc2c[c]cc(Cl)c2O1. The van der Waals surface area contributed by atoms with Gasteiger partial charge in [0.25, 0.3) is 0 Å². The Morgan fingerprint density at radius 2 is 2.08 bits per heavy atom. The summed E-state index contributed by atoms with van der Waals surface area (Å²) < 4.78 is 33.0. The molecule has 63 valence electrons. The molecule has 0 bridgehead atoms. The molecular formula is C7H2ClF2O2. The van der Waals surface area contributed by atoms with E-state index in [0.29, 0.717) is 0 Å². The highest BCUT2D eigenvalue weighted by Crippen LogP contribution is 2.44. The normalized spacial score (nSPS) is 17.9. The Hall–Kier alpha value is -1.03. The van der Waals surface area contributed by atoms with Crippen LogP contribution < -0.4 is 9.47 Å². The number of hydrogen-bond donors (Lipinski definition) is 0. The number of halogens is 3. The maximum absolute atomic E-state index is 12.4. The number of fused-ring (bicyclic) bond motifs is 1. The van der Waals surface area contributed by atoms with Crippen molar-refractivity contribution in [2.24, 2.45) is 0 Å². The lowest BCUT2D eigenvalue weighted by atomic mass is 10.3. The Morgan fingerprint density at radius 1 is 1.33 bits per heavy atom. The first-order valence-electron chi connectivity index (χ1n) is 3.04. The van der Waals surface area contributed by atoms with Crippen LogP contribution in [0.4, 0.5) is 8.78 Å². The molecule has 5 heteroatoms. The Kier molecular flexibility index (Phi) is 1.41. The molecule has 1 heterocycles. The molecule has 0 N–H and O–H groups in total. The van der Waals surface area contributed by atoms with E-state index < -0.39 is 6.29 Å². The van der Waals surface area contributed by atoms with Crippen LogP contribution in [0.2, 0.25) is 5.02 Å². The van der Waals surface area contributed by atoms with Crippen molar-refractivity contribution in [2.45, 2.75) is 6.29 Å². The van der Waals surface area contributed by atoms with Crippen molar-refractivity contribution in [1.82, 2.24) is 0 Å². The predicted octanol–water partition coefficient (Wildman–Crippen LogP) is 2.46. The highest BCUT2D eigenvalue weighted by molar-refractivity contribution is 6.32. The summed E-state index contributed by atoms with van der Waals surface area (Å²) in [5.41, 5.74) is 0. The van der Waals surface area contributed by atoms with Crippen LogP contribution in [0, 0.1) is 6.07 Å². The summed E-state index contributed by atoms with van der Waals surface area (Å²) in [6, 6.07) is 5.09. The lowest BCUT2D eigenvalue weighted by Crippen LogP contribution is -2.26. The maximum atomic E-state index is 12.4. The minimum atomic E-state index is -3.61. The van der Waals surface area contributed by atoms with Gasteiger partial charge in [-0.1, -0.05) is 11.6 Å². The molecule has 2 rings (SSSR count). The fraction of sp³-hybridized carbons (Fsp3) is 0.143. The fourth-order valence-corrected chi connectivity index (χ4v) is 1.08. The van der Waals surface area contributed by atoms with E-state index in [1.54, 1.807) is 0 Å². The molecule has 12 heavy (non-hydrogen) atoms. The van der Waals surface area contributed by atoms with Crippen molar-refractivity contribution in [3.63, 3.8) is 0 Å². The van der Waals surface area contributed by atoms with E-state index in [4.69, 9.17) is 11.6 Å². The third-order valence-electron chi connectivity index (χ3n) is 1.31. The van der Waals surface area contributed by atoms with Gasteiger partial charge in [-0.3, -0.25) is 0 Å². The molecule has 0 amide bonds. The van der Waals surface area contributed by atoms with Gasteiger partial charge in [0.2, 0.25) is 0 Å². The molecule has 1 radical (unpaired) electrons. The van der Waals surface area contributed by atoms with Gasteiger partial charge in [-0.05, 0) is 18.2 Å². The molecule has 0 atom stereocenters. The van der Waals surface area contributed by atoms with Crippen LogP contribution in [0.1, 0.15) is 0 Å². The quantitative estimate of drug-likeness (QED) is 0.627. The van der Waals surface area contributed by atoms with Gasteiger partial charge in [-0.25, -0.2) is 0 Å². The zero-order chi connectivity index (χ0) is 8.77. The van der Waals surface area contributed by atoms with Crippen molar-refractivity contribution in [3.8, 4) is 11.5 Å². The zero-order valence-corrected chi connectivity index (χ0v) is 6.36. The summed E-state index contributed by atoms with van der Waals surface area (Å²) in [7, 11) is 0. The van der Waals surface area contributed by atoms with Crippen LogP contribution in [-0.2, 0) is 0 Å². The largest absolute Gasteiger partial charge is 0.586 e. The van der Waals surface area contributed by atoms with Gasteiger partial charge in [0.05, 0.1) is 5.02 Å². The van der Waals surface area contributed by atoms with Crippen LogP contribution in [0.3, 0.4) is 0 Å². The first kappa shape index (κ1) is 7.61. The highest BCUT2D eigenvalue weighted by Gasteiger charge is 2.44. The fourth-order valence-electron chi connectivity index (χ4n) is 0.882. The highest BCUT2D eigenvalue weighted by atomic mass is 35.5. The van der Waals surface area contributed by atoms with Crippen molar-refractivity contribution in [3.05, 3.63) is 23.2 Å². The second kappa shape index (κ2) is 2.23. The second-order valence-electron chi connectivity index (χ2n) is 2.16. The monoisotopic (exact) mass is 191 g/mol. The van der Waals surface area contributed by atoms with Crippen LogP contribution in [0.15, 0.2) is 12.1 Å². The molecule has 1 aliphatic rings. The standard InChI is InChI=1S/C7H2ClF2O2/c8-4-2-1-3-5-6(4)12-7(9,10)11-5/h2-3H. The molecule has 0 saturated carbocycles. The molecule has 1 aliphatic heterocycles. The molecule has 2 nitrogen and oxygen atoms in total. The van der Waals surface area contributed by atoms with E-state index in [0.717, 1.165) is 0 Å². The van der Waals surface area contributed by atoms with Crippen molar-refractivity contribution >= 4 is 11.6 Å². The topological polar surface area (TPSA) is 18.5 Å². The lowest BCUT2D eigenvalue weighted by Gasteiger charge is -2.04. The third kappa shape index (κ3) is 1.08. The Morgan fingerprint density at radius 3 is 2.75 bits per heavy atom. The van der Waals surface area contributed by atoms with Crippen LogP contribution in [0.25, 0.3) is 0 Å². The first-order valence-corrected chi connectivity index (χ1v) is 3.42.